The molecule has 4 nitrogen and oxygen atoms in total. The SMILES string of the molecule is Cn1c(C(=O)O)c(-c2ccccc2)c2cc(Cl)ccc2c1=O. The highest BCUT2D eigenvalue weighted by atomic mass is 35.5. The Hall–Kier alpha value is -2.59. The number of carboxylic acids is 1. The first kappa shape index (κ1) is 14.4. The lowest BCUT2D eigenvalue weighted by molar-refractivity contribution is 0.0686. The van der Waals surface area contributed by atoms with Gasteiger partial charge in [0.15, 0.2) is 0 Å². The lowest BCUT2D eigenvalue weighted by Gasteiger charge is -2.14. The second kappa shape index (κ2) is 5.31. The molecular formula is C17H12ClNO3. The van der Waals surface area contributed by atoms with Gasteiger partial charge in [0.2, 0.25) is 0 Å². The molecule has 0 fully saturated rings. The highest BCUT2D eigenvalue weighted by Crippen LogP contribution is 2.31. The fourth-order valence-corrected chi connectivity index (χ4v) is 2.81. The van der Waals surface area contributed by atoms with Gasteiger partial charge < -0.3 is 9.67 Å². The third kappa shape index (κ3) is 2.18. The zero-order chi connectivity index (χ0) is 15.9. The highest BCUT2D eigenvalue weighted by molar-refractivity contribution is 6.31. The van der Waals surface area contributed by atoms with E-state index in [0.717, 1.165) is 5.56 Å². The van der Waals surface area contributed by atoms with Crippen LogP contribution in [0.2, 0.25) is 5.02 Å². The summed E-state index contributed by atoms with van der Waals surface area (Å²) < 4.78 is 1.17. The van der Waals surface area contributed by atoms with Crippen LogP contribution in [-0.2, 0) is 7.05 Å². The Kier molecular flexibility index (Phi) is 3.47. The van der Waals surface area contributed by atoms with E-state index in [1.165, 1.54) is 11.6 Å². The molecule has 0 unspecified atom stereocenters. The minimum absolute atomic E-state index is 0.0500. The predicted molar refractivity (Wildman–Crippen MR) is 86.6 cm³/mol. The summed E-state index contributed by atoms with van der Waals surface area (Å²) >= 11 is 6.05. The highest BCUT2D eigenvalue weighted by Gasteiger charge is 2.21. The van der Waals surface area contributed by atoms with E-state index in [9.17, 15) is 14.7 Å². The van der Waals surface area contributed by atoms with E-state index in [4.69, 9.17) is 11.6 Å². The lowest BCUT2D eigenvalue weighted by atomic mass is 9.97. The zero-order valence-corrected chi connectivity index (χ0v) is 12.5. The predicted octanol–water partition coefficient (Wildman–Crippen LogP) is 3.56. The number of fused-ring (bicyclic) bond motifs is 1. The van der Waals surface area contributed by atoms with E-state index in [-0.39, 0.29) is 11.3 Å². The van der Waals surface area contributed by atoms with Crippen LogP contribution >= 0.6 is 11.6 Å². The van der Waals surface area contributed by atoms with Gasteiger partial charge >= 0.3 is 5.97 Å². The van der Waals surface area contributed by atoms with E-state index >= 15 is 0 Å². The summed E-state index contributed by atoms with van der Waals surface area (Å²) in [5.41, 5.74) is 0.810. The van der Waals surface area contributed by atoms with E-state index in [2.05, 4.69) is 0 Å². The topological polar surface area (TPSA) is 59.3 Å². The van der Waals surface area contributed by atoms with Crippen LogP contribution in [0, 0.1) is 0 Å². The van der Waals surface area contributed by atoms with Gasteiger partial charge in [-0.1, -0.05) is 41.9 Å². The van der Waals surface area contributed by atoms with Crippen LogP contribution in [0.1, 0.15) is 10.5 Å². The summed E-state index contributed by atoms with van der Waals surface area (Å²) in [6, 6.07) is 14.0. The van der Waals surface area contributed by atoms with Crippen molar-refractivity contribution in [1.29, 1.82) is 0 Å². The standard InChI is InChI=1S/C17H12ClNO3/c1-19-15(17(21)22)14(10-5-3-2-4-6-10)13-9-11(18)7-8-12(13)16(19)20/h2-9H,1H3,(H,21,22). The van der Waals surface area contributed by atoms with Gasteiger partial charge in [0, 0.05) is 23.0 Å². The smallest absolute Gasteiger partial charge is 0.353 e. The lowest BCUT2D eigenvalue weighted by Crippen LogP contribution is -2.24. The second-order valence-corrected chi connectivity index (χ2v) is 5.39. The van der Waals surface area contributed by atoms with Crippen LogP contribution in [-0.4, -0.2) is 15.6 Å². The van der Waals surface area contributed by atoms with Gasteiger partial charge in [-0.3, -0.25) is 4.79 Å². The summed E-state index contributed by atoms with van der Waals surface area (Å²) in [6.45, 7) is 0. The van der Waals surface area contributed by atoms with Crippen molar-refractivity contribution in [1.82, 2.24) is 4.57 Å². The normalized spacial score (nSPS) is 10.8. The molecule has 0 radical (unpaired) electrons. The van der Waals surface area contributed by atoms with Crippen molar-refractivity contribution in [3.63, 3.8) is 0 Å². The van der Waals surface area contributed by atoms with Crippen LogP contribution in [0.25, 0.3) is 21.9 Å². The molecule has 1 heterocycles. The van der Waals surface area contributed by atoms with Crippen molar-refractivity contribution in [2.24, 2.45) is 7.05 Å². The minimum Gasteiger partial charge on any atom is -0.477 e. The average Bonchev–Trinajstić information content (AvgIpc) is 2.51. The molecule has 0 bridgehead atoms. The Balaban J connectivity index is 2.59. The molecular weight excluding hydrogens is 302 g/mol. The molecule has 3 aromatic rings. The number of hydrogen-bond acceptors (Lipinski definition) is 2. The molecule has 2 aromatic carbocycles. The Morgan fingerprint density at radius 3 is 2.41 bits per heavy atom. The van der Waals surface area contributed by atoms with E-state index < -0.39 is 5.97 Å². The molecule has 0 amide bonds. The maximum atomic E-state index is 12.4. The molecule has 5 heteroatoms. The number of carboxylic acid groups (broad SMARTS) is 1. The first-order valence-corrected chi connectivity index (χ1v) is 6.99. The Labute approximate surface area is 131 Å². The van der Waals surface area contributed by atoms with Crippen LogP contribution in [0.5, 0.6) is 0 Å². The maximum absolute atomic E-state index is 12.4. The molecule has 1 aromatic heterocycles. The van der Waals surface area contributed by atoms with Crippen molar-refractivity contribution < 1.29 is 9.90 Å². The first-order chi connectivity index (χ1) is 10.5. The van der Waals surface area contributed by atoms with Crippen molar-refractivity contribution in [3.8, 4) is 11.1 Å². The number of nitrogens with zero attached hydrogens (tertiary/aromatic N) is 1. The van der Waals surface area contributed by atoms with Crippen molar-refractivity contribution in [2.45, 2.75) is 0 Å². The second-order valence-electron chi connectivity index (χ2n) is 4.95. The molecule has 0 aliphatic heterocycles. The maximum Gasteiger partial charge on any atom is 0.353 e. The summed E-state index contributed by atoms with van der Waals surface area (Å²) in [7, 11) is 1.46. The summed E-state index contributed by atoms with van der Waals surface area (Å²) in [5, 5.41) is 11.0. The van der Waals surface area contributed by atoms with Crippen LogP contribution in [0.15, 0.2) is 53.3 Å². The molecule has 0 aliphatic carbocycles. The van der Waals surface area contributed by atoms with E-state index in [0.29, 0.717) is 21.4 Å². The van der Waals surface area contributed by atoms with E-state index in [1.54, 1.807) is 18.2 Å². The number of pyridine rings is 1. The Bertz CT molecular complexity index is 946. The summed E-state index contributed by atoms with van der Waals surface area (Å²) in [6.07, 6.45) is 0. The molecule has 0 saturated heterocycles. The van der Waals surface area contributed by atoms with Crippen LogP contribution in [0.4, 0.5) is 0 Å². The van der Waals surface area contributed by atoms with Gasteiger partial charge in [-0.15, -0.1) is 0 Å². The van der Waals surface area contributed by atoms with Gasteiger partial charge in [0.1, 0.15) is 5.69 Å². The van der Waals surface area contributed by atoms with Gasteiger partial charge in [0.25, 0.3) is 5.56 Å². The minimum atomic E-state index is -1.15. The summed E-state index contributed by atoms with van der Waals surface area (Å²) in [5.74, 6) is -1.15. The number of benzene rings is 2. The van der Waals surface area contributed by atoms with Gasteiger partial charge in [0.05, 0.1) is 0 Å². The number of rotatable bonds is 2. The molecule has 0 saturated carbocycles. The summed E-state index contributed by atoms with van der Waals surface area (Å²) in [4.78, 5) is 24.1. The Morgan fingerprint density at radius 2 is 1.77 bits per heavy atom. The number of aromatic nitrogens is 1. The van der Waals surface area contributed by atoms with Crippen LogP contribution in [0.3, 0.4) is 0 Å². The van der Waals surface area contributed by atoms with Gasteiger partial charge in [-0.05, 0) is 29.1 Å². The molecule has 0 aliphatic rings. The van der Waals surface area contributed by atoms with Crippen LogP contribution < -0.4 is 5.56 Å². The first-order valence-electron chi connectivity index (χ1n) is 6.61. The largest absolute Gasteiger partial charge is 0.477 e. The molecule has 1 N–H and O–H groups in total. The third-order valence-electron chi connectivity index (χ3n) is 3.62. The fraction of sp³-hybridized carbons (Fsp3) is 0.0588. The Morgan fingerprint density at radius 1 is 1.09 bits per heavy atom. The number of hydrogen-bond donors (Lipinski definition) is 1. The van der Waals surface area contributed by atoms with Gasteiger partial charge in [-0.25, -0.2) is 4.79 Å². The third-order valence-corrected chi connectivity index (χ3v) is 3.86. The fourth-order valence-electron chi connectivity index (χ4n) is 2.63. The molecule has 22 heavy (non-hydrogen) atoms. The average molecular weight is 314 g/mol. The number of aromatic carboxylic acids is 1. The molecule has 0 spiro atoms. The van der Waals surface area contributed by atoms with Crippen molar-refractivity contribution >= 4 is 28.3 Å². The molecule has 3 rings (SSSR count). The zero-order valence-electron chi connectivity index (χ0n) is 11.7. The number of carbonyl (C=O) groups is 1. The van der Waals surface area contributed by atoms with Crippen molar-refractivity contribution in [3.05, 3.63) is 69.6 Å². The molecule has 110 valence electrons. The monoisotopic (exact) mass is 313 g/mol. The van der Waals surface area contributed by atoms with Gasteiger partial charge in [-0.2, -0.15) is 0 Å². The number of halogens is 1. The quantitative estimate of drug-likeness (QED) is 0.787. The molecule has 0 atom stereocenters. The van der Waals surface area contributed by atoms with Crippen molar-refractivity contribution in [2.75, 3.05) is 0 Å². The van der Waals surface area contributed by atoms with E-state index in [1.807, 2.05) is 30.3 Å².